The van der Waals surface area contributed by atoms with E-state index in [0.717, 1.165) is 11.3 Å². The second-order valence-corrected chi connectivity index (χ2v) is 5.56. The lowest BCUT2D eigenvalue weighted by Gasteiger charge is -2.18. The van der Waals surface area contributed by atoms with Crippen LogP contribution in [0.3, 0.4) is 0 Å². The topological polar surface area (TPSA) is 77.8 Å². The van der Waals surface area contributed by atoms with Crippen molar-refractivity contribution in [2.24, 2.45) is 0 Å². The van der Waals surface area contributed by atoms with E-state index in [9.17, 15) is 9.59 Å². The van der Waals surface area contributed by atoms with Crippen LogP contribution in [0, 0.1) is 6.92 Å². The second-order valence-electron chi connectivity index (χ2n) is 5.56. The first kappa shape index (κ1) is 16.1. The predicted octanol–water partition coefficient (Wildman–Crippen LogP) is 2.64. The second kappa shape index (κ2) is 7.21. The highest BCUT2D eigenvalue weighted by Gasteiger charge is 2.16. The molecule has 0 unspecified atom stereocenters. The van der Waals surface area contributed by atoms with E-state index in [-0.39, 0.29) is 24.5 Å². The van der Waals surface area contributed by atoms with E-state index in [1.807, 2.05) is 13.0 Å². The van der Waals surface area contributed by atoms with Crippen molar-refractivity contribution in [1.29, 1.82) is 0 Å². The maximum atomic E-state index is 12.2. The van der Waals surface area contributed by atoms with Gasteiger partial charge in [0.2, 0.25) is 5.91 Å². The van der Waals surface area contributed by atoms with Gasteiger partial charge >= 0.3 is 0 Å². The molecule has 0 atom stereocenters. The van der Waals surface area contributed by atoms with Crippen molar-refractivity contribution in [2.45, 2.75) is 26.3 Å². The van der Waals surface area contributed by atoms with Crippen LogP contribution in [0.4, 0.5) is 0 Å². The zero-order chi connectivity index (χ0) is 16.9. The summed E-state index contributed by atoms with van der Waals surface area (Å²) >= 11 is 0. The Morgan fingerprint density at radius 3 is 2.62 bits per heavy atom. The summed E-state index contributed by atoms with van der Waals surface area (Å²) in [4.78, 5) is 24.1. The quantitative estimate of drug-likeness (QED) is 0.824. The highest BCUT2D eigenvalue weighted by atomic mass is 16.6. The van der Waals surface area contributed by atoms with E-state index in [1.54, 1.807) is 24.5 Å². The summed E-state index contributed by atoms with van der Waals surface area (Å²) in [5, 5.41) is 2.79. The van der Waals surface area contributed by atoms with Crippen LogP contribution >= 0.6 is 0 Å². The Bertz CT molecular complexity index is 750. The molecule has 1 aliphatic rings. The third-order valence-electron chi connectivity index (χ3n) is 3.89. The van der Waals surface area contributed by atoms with Crippen molar-refractivity contribution in [3.05, 3.63) is 47.4 Å². The molecule has 24 heavy (non-hydrogen) atoms. The third kappa shape index (κ3) is 3.76. The van der Waals surface area contributed by atoms with Crippen LogP contribution in [0.1, 0.15) is 34.5 Å². The van der Waals surface area contributed by atoms with Gasteiger partial charge in [-0.15, -0.1) is 0 Å². The molecule has 1 aromatic carbocycles. The van der Waals surface area contributed by atoms with Crippen LogP contribution in [0.2, 0.25) is 0 Å². The lowest BCUT2D eigenvalue weighted by molar-refractivity contribution is -0.121. The average molecular weight is 329 g/mol. The van der Waals surface area contributed by atoms with Gasteiger partial charge in [0, 0.05) is 30.5 Å². The number of ketones is 1. The number of aryl methyl sites for hydroxylation is 1. The molecule has 2 heterocycles. The lowest BCUT2D eigenvalue weighted by atomic mass is 10.1. The summed E-state index contributed by atoms with van der Waals surface area (Å²) in [5.74, 6) is 1.74. The number of amides is 1. The van der Waals surface area contributed by atoms with Gasteiger partial charge in [0.15, 0.2) is 17.3 Å². The fourth-order valence-corrected chi connectivity index (χ4v) is 2.47. The fourth-order valence-electron chi connectivity index (χ4n) is 2.47. The van der Waals surface area contributed by atoms with Crippen LogP contribution in [0.5, 0.6) is 11.5 Å². The zero-order valence-corrected chi connectivity index (χ0v) is 13.5. The summed E-state index contributed by atoms with van der Waals surface area (Å²) in [7, 11) is 0. The van der Waals surface area contributed by atoms with Gasteiger partial charge in [-0.05, 0) is 31.2 Å². The number of Topliss-reactive ketones (excluding diaryl/α,β-unsaturated/α-hetero) is 1. The standard InChI is InChI=1S/C18H19NO5/c1-12-14(6-7-22-12)11-19-18(21)5-3-15(20)13-2-4-16-17(10-13)24-9-8-23-16/h2,4,6-7,10H,3,5,8-9,11H2,1H3,(H,19,21). The first-order valence-electron chi connectivity index (χ1n) is 7.86. The molecule has 6 heteroatoms. The Hall–Kier alpha value is -2.76. The SMILES string of the molecule is Cc1occc1CNC(=O)CCC(=O)c1ccc2c(c1)OCCO2. The van der Waals surface area contributed by atoms with Crippen LogP contribution < -0.4 is 14.8 Å². The van der Waals surface area contributed by atoms with E-state index in [2.05, 4.69) is 5.32 Å². The molecular formula is C18H19NO5. The van der Waals surface area contributed by atoms with E-state index in [1.165, 1.54) is 0 Å². The minimum absolute atomic E-state index is 0.0957. The highest BCUT2D eigenvalue weighted by molar-refractivity contribution is 5.98. The molecule has 1 N–H and O–H groups in total. The van der Waals surface area contributed by atoms with Crippen LogP contribution in [-0.2, 0) is 11.3 Å². The summed E-state index contributed by atoms with van der Waals surface area (Å²) in [5.41, 5.74) is 1.46. The van der Waals surface area contributed by atoms with Gasteiger partial charge in [-0.2, -0.15) is 0 Å². The number of benzene rings is 1. The van der Waals surface area contributed by atoms with Crippen LogP contribution in [0.25, 0.3) is 0 Å². The van der Waals surface area contributed by atoms with Crippen LogP contribution in [-0.4, -0.2) is 24.9 Å². The molecule has 0 aliphatic carbocycles. The first-order chi connectivity index (χ1) is 11.6. The molecule has 1 amide bonds. The number of ether oxygens (including phenoxy) is 2. The molecule has 0 bridgehead atoms. The number of hydrogen-bond donors (Lipinski definition) is 1. The fraction of sp³-hybridized carbons (Fsp3) is 0.333. The molecule has 0 spiro atoms. The molecular weight excluding hydrogens is 310 g/mol. The molecule has 6 nitrogen and oxygen atoms in total. The molecule has 0 saturated heterocycles. The Balaban J connectivity index is 1.50. The number of carbonyl (C=O) groups is 2. The van der Waals surface area contributed by atoms with Gasteiger partial charge < -0.3 is 19.2 Å². The van der Waals surface area contributed by atoms with E-state index < -0.39 is 0 Å². The smallest absolute Gasteiger partial charge is 0.220 e. The van der Waals surface area contributed by atoms with Crippen LogP contribution in [0.15, 0.2) is 34.9 Å². The molecule has 1 aliphatic heterocycles. The summed E-state index contributed by atoms with van der Waals surface area (Å²) in [6.07, 6.45) is 1.88. The number of carbonyl (C=O) groups excluding carboxylic acids is 2. The predicted molar refractivity (Wildman–Crippen MR) is 86.3 cm³/mol. The Morgan fingerprint density at radius 2 is 1.88 bits per heavy atom. The maximum absolute atomic E-state index is 12.2. The van der Waals surface area contributed by atoms with Crippen molar-refractivity contribution in [1.82, 2.24) is 5.32 Å². The minimum Gasteiger partial charge on any atom is -0.486 e. The van der Waals surface area contributed by atoms with Gasteiger partial charge in [0.05, 0.1) is 6.26 Å². The first-order valence-corrected chi connectivity index (χ1v) is 7.86. The minimum atomic E-state index is -0.165. The summed E-state index contributed by atoms with van der Waals surface area (Å²) < 4.78 is 16.1. The van der Waals surface area contributed by atoms with Crippen molar-refractivity contribution in [3.8, 4) is 11.5 Å². The molecule has 2 aromatic rings. The van der Waals surface area contributed by atoms with Crippen molar-refractivity contribution in [2.75, 3.05) is 13.2 Å². The van der Waals surface area contributed by atoms with E-state index in [0.29, 0.717) is 36.8 Å². The molecule has 0 saturated carbocycles. The van der Waals surface area contributed by atoms with Crippen molar-refractivity contribution >= 4 is 11.7 Å². The summed E-state index contributed by atoms with van der Waals surface area (Å²) in [6, 6.07) is 6.91. The largest absolute Gasteiger partial charge is 0.486 e. The molecule has 0 fully saturated rings. The normalized spacial score (nSPS) is 12.7. The van der Waals surface area contributed by atoms with Gasteiger partial charge in [0.1, 0.15) is 19.0 Å². The molecule has 126 valence electrons. The monoisotopic (exact) mass is 329 g/mol. The molecule has 1 aromatic heterocycles. The van der Waals surface area contributed by atoms with Gasteiger partial charge in [-0.1, -0.05) is 0 Å². The third-order valence-corrected chi connectivity index (χ3v) is 3.89. The number of hydrogen-bond acceptors (Lipinski definition) is 5. The maximum Gasteiger partial charge on any atom is 0.220 e. The van der Waals surface area contributed by atoms with Crippen molar-refractivity contribution < 1.29 is 23.5 Å². The van der Waals surface area contributed by atoms with Crippen molar-refractivity contribution in [3.63, 3.8) is 0 Å². The molecule has 0 radical (unpaired) electrons. The number of rotatable bonds is 6. The Morgan fingerprint density at radius 1 is 1.08 bits per heavy atom. The van der Waals surface area contributed by atoms with Gasteiger partial charge in [-0.25, -0.2) is 0 Å². The summed E-state index contributed by atoms with van der Waals surface area (Å²) in [6.45, 7) is 3.23. The van der Waals surface area contributed by atoms with E-state index in [4.69, 9.17) is 13.9 Å². The Kier molecular flexibility index (Phi) is 4.84. The van der Waals surface area contributed by atoms with Gasteiger partial charge in [-0.3, -0.25) is 9.59 Å². The number of furan rings is 1. The highest BCUT2D eigenvalue weighted by Crippen LogP contribution is 2.31. The van der Waals surface area contributed by atoms with Gasteiger partial charge in [0.25, 0.3) is 0 Å². The zero-order valence-electron chi connectivity index (χ0n) is 13.5. The number of nitrogens with one attached hydrogen (secondary N) is 1. The lowest BCUT2D eigenvalue weighted by Crippen LogP contribution is -2.23. The average Bonchev–Trinajstić information content (AvgIpc) is 3.02. The number of fused-ring (bicyclic) bond motifs is 1. The Labute approximate surface area is 139 Å². The van der Waals surface area contributed by atoms with E-state index >= 15 is 0 Å². The molecule has 3 rings (SSSR count).